The fourth-order valence-electron chi connectivity index (χ4n) is 1.31. The first-order valence-corrected chi connectivity index (χ1v) is 5.77. The fraction of sp³-hybridized carbons (Fsp3) is 0.857. The van der Waals surface area contributed by atoms with Crippen molar-refractivity contribution in [2.45, 2.75) is 12.8 Å². The largest absolute Gasteiger partial charge is 0.469 e. The summed E-state index contributed by atoms with van der Waals surface area (Å²) in [4.78, 5) is 11.0. The smallest absolute Gasteiger partial charge is 0.308 e. The highest BCUT2D eigenvalue weighted by molar-refractivity contribution is 7.92. The minimum absolute atomic E-state index is 0.130. The van der Waals surface area contributed by atoms with Crippen LogP contribution in [0.5, 0.6) is 0 Å². The van der Waals surface area contributed by atoms with Crippen molar-refractivity contribution >= 4 is 15.7 Å². The third kappa shape index (κ3) is 2.20. The Hall–Kier alpha value is -0.580. The Balaban J connectivity index is 2.52. The summed E-state index contributed by atoms with van der Waals surface area (Å²) in [5, 5.41) is 0. The first-order chi connectivity index (χ1) is 5.55. The van der Waals surface area contributed by atoms with Gasteiger partial charge >= 0.3 is 5.97 Å². The molecular weight excluding hydrogens is 178 g/mol. The molecule has 0 radical (unpaired) electrons. The monoisotopic (exact) mass is 191 g/mol. The molecular formula is C7H13NO3S. The van der Waals surface area contributed by atoms with Gasteiger partial charge in [-0.3, -0.25) is 9.57 Å². The lowest BCUT2D eigenvalue weighted by molar-refractivity contribution is -0.145. The molecule has 0 amide bonds. The number of ether oxygens (including phenoxy) is 1. The second-order valence-corrected chi connectivity index (χ2v) is 5.46. The van der Waals surface area contributed by atoms with Crippen molar-refractivity contribution in [2.24, 2.45) is 5.92 Å². The van der Waals surface area contributed by atoms with E-state index in [2.05, 4.69) is 4.74 Å². The van der Waals surface area contributed by atoms with Crippen LogP contribution in [0.2, 0.25) is 0 Å². The molecule has 0 unspecified atom stereocenters. The molecule has 1 rings (SSSR count). The summed E-state index contributed by atoms with van der Waals surface area (Å²) in [6.45, 7) is 0. The molecule has 70 valence electrons. The summed E-state index contributed by atoms with van der Waals surface area (Å²) in [7, 11) is -1.01. The Morgan fingerprint density at radius 1 is 1.50 bits per heavy atom. The Morgan fingerprint density at radius 2 is 2.00 bits per heavy atom. The number of carbonyl (C=O) groups is 1. The van der Waals surface area contributed by atoms with Crippen LogP contribution in [0.25, 0.3) is 0 Å². The predicted molar refractivity (Wildman–Crippen MR) is 45.3 cm³/mol. The highest BCUT2D eigenvalue weighted by Crippen LogP contribution is 2.19. The van der Waals surface area contributed by atoms with E-state index in [1.54, 1.807) is 0 Å². The zero-order valence-electron chi connectivity index (χ0n) is 7.04. The zero-order valence-corrected chi connectivity index (χ0v) is 7.86. The van der Waals surface area contributed by atoms with Crippen LogP contribution in [0.1, 0.15) is 12.8 Å². The number of hydrogen-bond donors (Lipinski definition) is 1. The molecule has 0 aromatic rings. The molecule has 1 N–H and O–H groups in total. The van der Waals surface area contributed by atoms with Gasteiger partial charge in [-0.25, -0.2) is 4.21 Å². The van der Waals surface area contributed by atoms with E-state index in [4.69, 9.17) is 4.78 Å². The molecule has 0 aromatic carbocycles. The average molecular weight is 191 g/mol. The summed E-state index contributed by atoms with van der Waals surface area (Å²) >= 11 is 0. The van der Waals surface area contributed by atoms with Crippen LogP contribution in [0.3, 0.4) is 0 Å². The molecule has 5 heteroatoms. The topological polar surface area (TPSA) is 67.2 Å². The third-order valence-electron chi connectivity index (χ3n) is 2.13. The standard InChI is InChI=1S/C7H13NO3S/c1-11-7(9)6-2-4-12(8,10)5-3-6/h6,8H,2-5H2,1H3. The van der Waals surface area contributed by atoms with Crippen LogP contribution in [-0.4, -0.2) is 28.8 Å². The zero-order chi connectivity index (χ0) is 9.19. The van der Waals surface area contributed by atoms with Gasteiger partial charge < -0.3 is 4.74 Å². The number of esters is 1. The van der Waals surface area contributed by atoms with E-state index in [9.17, 15) is 9.00 Å². The first-order valence-electron chi connectivity index (χ1n) is 3.87. The SMILES string of the molecule is COC(=O)C1CCS(=N)(=O)CC1. The van der Waals surface area contributed by atoms with Gasteiger partial charge in [-0.15, -0.1) is 0 Å². The van der Waals surface area contributed by atoms with Crippen LogP contribution >= 0.6 is 0 Å². The van der Waals surface area contributed by atoms with E-state index < -0.39 is 9.73 Å². The van der Waals surface area contributed by atoms with Crippen molar-refractivity contribution in [3.63, 3.8) is 0 Å². The van der Waals surface area contributed by atoms with E-state index in [1.807, 2.05) is 0 Å². The molecule has 1 heterocycles. The molecule has 0 bridgehead atoms. The van der Waals surface area contributed by atoms with Gasteiger partial charge in [-0.1, -0.05) is 0 Å². The maximum absolute atomic E-state index is 11.2. The van der Waals surface area contributed by atoms with Gasteiger partial charge in [-0.2, -0.15) is 0 Å². The van der Waals surface area contributed by atoms with Gasteiger partial charge in [0.1, 0.15) is 0 Å². The van der Waals surface area contributed by atoms with E-state index in [0.29, 0.717) is 24.3 Å². The lowest BCUT2D eigenvalue weighted by Gasteiger charge is -2.20. The summed E-state index contributed by atoms with van der Waals surface area (Å²) < 4.78 is 23.0. The average Bonchev–Trinajstić information content (AvgIpc) is 2.03. The predicted octanol–water partition coefficient (Wildman–Crippen LogP) is 0.616. The number of carbonyl (C=O) groups excluding carboxylic acids is 1. The van der Waals surface area contributed by atoms with Gasteiger partial charge in [0.2, 0.25) is 0 Å². The lowest BCUT2D eigenvalue weighted by atomic mass is 10.0. The minimum atomic E-state index is -2.37. The molecule has 4 nitrogen and oxygen atoms in total. The maximum Gasteiger partial charge on any atom is 0.308 e. The number of hydrogen-bond acceptors (Lipinski definition) is 4. The van der Waals surface area contributed by atoms with Crippen LogP contribution in [0.15, 0.2) is 0 Å². The van der Waals surface area contributed by atoms with Crippen molar-refractivity contribution in [2.75, 3.05) is 18.6 Å². The van der Waals surface area contributed by atoms with Crippen molar-refractivity contribution in [1.29, 1.82) is 4.78 Å². The van der Waals surface area contributed by atoms with Crippen molar-refractivity contribution in [3.8, 4) is 0 Å². The maximum atomic E-state index is 11.2. The molecule has 0 atom stereocenters. The van der Waals surface area contributed by atoms with Gasteiger partial charge in [-0.05, 0) is 12.8 Å². The molecule has 0 spiro atoms. The summed E-state index contributed by atoms with van der Waals surface area (Å²) in [6.07, 6.45) is 1.07. The van der Waals surface area contributed by atoms with Gasteiger partial charge in [0.15, 0.2) is 0 Å². The highest BCUT2D eigenvalue weighted by Gasteiger charge is 2.26. The summed E-state index contributed by atoms with van der Waals surface area (Å²) in [6, 6.07) is 0. The van der Waals surface area contributed by atoms with Crippen LogP contribution in [0, 0.1) is 10.7 Å². The third-order valence-corrected chi connectivity index (χ3v) is 3.92. The number of rotatable bonds is 1. The molecule has 0 aliphatic carbocycles. The Bertz CT molecular complexity index is 256. The Morgan fingerprint density at radius 3 is 2.42 bits per heavy atom. The number of nitrogens with one attached hydrogen (secondary N) is 1. The van der Waals surface area contributed by atoms with Gasteiger partial charge in [0.05, 0.1) is 13.0 Å². The van der Waals surface area contributed by atoms with E-state index >= 15 is 0 Å². The fourth-order valence-corrected chi connectivity index (χ4v) is 2.85. The molecule has 1 aliphatic rings. The molecule has 1 aliphatic heterocycles. The first kappa shape index (κ1) is 9.51. The highest BCUT2D eigenvalue weighted by atomic mass is 32.2. The molecule has 0 saturated carbocycles. The van der Waals surface area contributed by atoms with Crippen LogP contribution < -0.4 is 0 Å². The van der Waals surface area contributed by atoms with Gasteiger partial charge in [0, 0.05) is 21.2 Å². The Labute approximate surface area is 72.3 Å². The summed E-state index contributed by atoms with van der Waals surface area (Å²) in [5.74, 6) is 0.319. The van der Waals surface area contributed by atoms with Crippen LogP contribution in [0.4, 0.5) is 0 Å². The normalized spacial score (nSPS) is 35.9. The Kier molecular flexibility index (Phi) is 2.72. The van der Waals surface area contributed by atoms with Crippen molar-refractivity contribution < 1.29 is 13.7 Å². The minimum Gasteiger partial charge on any atom is -0.469 e. The quantitative estimate of drug-likeness (QED) is 0.618. The lowest BCUT2D eigenvalue weighted by Crippen LogP contribution is -2.28. The molecule has 12 heavy (non-hydrogen) atoms. The second kappa shape index (κ2) is 3.43. The van der Waals surface area contributed by atoms with Gasteiger partial charge in [0.25, 0.3) is 0 Å². The number of methoxy groups -OCH3 is 1. The molecule has 1 fully saturated rings. The van der Waals surface area contributed by atoms with Crippen LogP contribution in [-0.2, 0) is 19.3 Å². The molecule has 1 saturated heterocycles. The van der Waals surface area contributed by atoms with Crippen molar-refractivity contribution in [3.05, 3.63) is 0 Å². The van der Waals surface area contributed by atoms with E-state index in [0.717, 1.165) is 0 Å². The van der Waals surface area contributed by atoms with E-state index in [-0.39, 0.29) is 11.9 Å². The van der Waals surface area contributed by atoms with Crippen molar-refractivity contribution in [1.82, 2.24) is 0 Å². The molecule has 0 aromatic heterocycles. The summed E-state index contributed by atoms with van der Waals surface area (Å²) in [5.41, 5.74) is 0. The second-order valence-electron chi connectivity index (χ2n) is 3.02. The van der Waals surface area contributed by atoms with E-state index in [1.165, 1.54) is 7.11 Å².